The molecule has 0 radical (unpaired) electrons. The summed E-state index contributed by atoms with van der Waals surface area (Å²) in [7, 11) is 1.83. The zero-order chi connectivity index (χ0) is 10.9. The van der Waals surface area contributed by atoms with Gasteiger partial charge in [0.05, 0.1) is 11.4 Å². The van der Waals surface area contributed by atoms with Crippen LogP contribution in [0.1, 0.15) is 26.5 Å². The largest absolute Gasteiger partial charge is 0.323 e. The fraction of sp³-hybridized carbons (Fsp3) is 0.600. The fourth-order valence-corrected chi connectivity index (χ4v) is 1.03. The van der Waals surface area contributed by atoms with Gasteiger partial charge in [0.15, 0.2) is 0 Å². The molecule has 4 nitrogen and oxygen atoms in total. The van der Waals surface area contributed by atoms with Crippen LogP contribution in [0, 0.1) is 12.3 Å². The van der Waals surface area contributed by atoms with E-state index in [2.05, 4.69) is 10.4 Å². The van der Waals surface area contributed by atoms with Crippen molar-refractivity contribution < 1.29 is 4.79 Å². The number of hydrogen-bond acceptors (Lipinski definition) is 2. The summed E-state index contributed by atoms with van der Waals surface area (Å²) in [5, 5.41) is 7.00. The van der Waals surface area contributed by atoms with E-state index in [1.807, 2.05) is 34.7 Å². The number of hydrogen-bond donors (Lipinski definition) is 1. The molecular weight excluding hydrogens is 178 g/mol. The predicted molar refractivity (Wildman–Crippen MR) is 56.0 cm³/mol. The second-order valence-electron chi connectivity index (χ2n) is 4.51. The topological polar surface area (TPSA) is 46.9 Å². The lowest BCUT2D eigenvalue weighted by Crippen LogP contribution is -2.27. The van der Waals surface area contributed by atoms with Crippen molar-refractivity contribution in [2.24, 2.45) is 12.5 Å². The molecule has 1 amide bonds. The van der Waals surface area contributed by atoms with Crippen LogP contribution >= 0.6 is 0 Å². The first kappa shape index (κ1) is 10.8. The molecule has 0 unspecified atom stereocenters. The number of amides is 1. The van der Waals surface area contributed by atoms with Crippen LogP contribution in [-0.4, -0.2) is 15.7 Å². The average molecular weight is 195 g/mol. The molecule has 1 aromatic heterocycles. The zero-order valence-corrected chi connectivity index (χ0v) is 9.38. The van der Waals surface area contributed by atoms with Crippen LogP contribution in [0.3, 0.4) is 0 Å². The van der Waals surface area contributed by atoms with Crippen molar-refractivity contribution in [3.63, 3.8) is 0 Å². The van der Waals surface area contributed by atoms with Gasteiger partial charge in [0.2, 0.25) is 5.91 Å². The van der Waals surface area contributed by atoms with E-state index in [4.69, 9.17) is 0 Å². The van der Waals surface area contributed by atoms with E-state index < -0.39 is 0 Å². The Kier molecular flexibility index (Phi) is 2.64. The number of carbonyl (C=O) groups is 1. The summed E-state index contributed by atoms with van der Waals surface area (Å²) in [6, 6.07) is 0. The van der Waals surface area contributed by atoms with Crippen molar-refractivity contribution >= 4 is 11.6 Å². The SMILES string of the molecule is Cc1nn(C)cc1NC(=O)C(C)(C)C. The number of rotatable bonds is 1. The van der Waals surface area contributed by atoms with Gasteiger partial charge in [0.25, 0.3) is 0 Å². The zero-order valence-electron chi connectivity index (χ0n) is 9.38. The monoisotopic (exact) mass is 195 g/mol. The summed E-state index contributed by atoms with van der Waals surface area (Å²) >= 11 is 0. The highest BCUT2D eigenvalue weighted by molar-refractivity contribution is 5.94. The Bertz CT molecular complexity index is 347. The molecule has 0 fully saturated rings. The van der Waals surface area contributed by atoms with Crippen LogP contribution in [-0.2, 0) is 11.8 Å². The van der Waals surface area contributed by atoms with Gasteiger partial charge < -0.3 is 5.32 Å². The smallest absolute Gasteiger partial charge is 0.229 e. The Balaban J connectivity index is 2.80. The molecule has 0 spiro atoms. The van der Waals surface area contributed by atoms with Crippen molar-refractivity contribution in [1.82, 2.24) is 9.78 Å². The van der Waals surface area contributed by atoms with Gasteiger partial charge in [-0.1, -0.05) is 20.8 Å². The Labute approximate surface area is 84.3 Å². The maximum atomic E-state index is 11.6. The van der Waals surface area contributed by atoms with Crippen LogP contribution < -0.4 is 5.32 Å². The third kappa shape index (κ3) is 2.34. The first-order chi connectivity index (χ1) is 6.30. The first-order valence-electron chi connectivity index (χ1n) is 4.62. The number of anilines is 1. The van der Waals surface area contributed by atoms with Crippen molar-refractivity contribution in [2.75, 3.05) is 5.32 Å². The summed E-state index contributed by atoms with van der Waals surface area (Å²) < 4.78 is 1.69. The van der Waals surface area contributed by atoms with Crippen LogP contribution in [0.5, 0.6) is 0 Å². The molecule has 4 heteroatoms. The molecule has 1 rings (SSSR count). The molecule has 1 aromatic rings. The summed E-state index contributed by atoms with van der Waals surface area (Å²) in [4.78, 5) is 11.6. The van der Waals surface area contributed by atoms with Gasteiger partial charge in [-0.25, -0.2) is 0 Å². The maximum Gasteiger partial charge on any atom is 0.229 e. The molecule has 14 heavy (non-hydrogen) atoms. The second kappa shape index (κ2) is 3.44. The molecule has 0 aliphatic rings. The lowest BCUT2D eigenvalue weighted by molar-refractivity contribution is -0.123. The number of nitrogens with one attached hydrogen (secondary N) is 1. The highest BCUT2D eigenvalue weighted by Gasteiger charge is 2.22. The molecule has 0 saturated heterocycles. The molecule has 1 N–H and O–H groups in total. The number of aryl methyl sites for hydroxylation is 2. The molecule has 0 bridgehead atoms. The van der Waals surface area contributed by atoms with Gasteiger partial charge in [-0.05, 0) is 6.92 Å². The van der Waals surface area contributed by atoms with Crippen molar-refractivity contribution in [3.8, 4) is 0 Å². The third-order valence-electron chi connectivity index (χ3n) is 1.94. The Morgan fingerprint density at radius 1 is 1.50 bits per heavy atom. The average Bonchev–Trinajstić information content (AvgIpc) is 2.28. The molecule has 0 saturated carbocycles. The molecule has 0 aliphatic carbocycles. The van der Waals surface area contributed by atoms with Crippen molar-refractivity contribution in [3.05, 3.63) is 11.9 Å². The second-order valence-corrected chi connectivity index (χ2v) is 4.51. The normalized spacial score (nSPS) is 11.5. The summed E-state index contributed by atoms with van der Waals surface area (Å²) in [6.45, 7) is 7.52. The highest BCUT2D eigenvalue weighted by atomic mass is 16.2. The van der Waals surface area contributed by atoms with Crippen LogP contribution in [0.15, 0.2) is 6.20 Å². The minimum absolute atomic E-state index is 0.00796. The third-order valence-corrected chi connectivity index (χ3v) is 1.94. The summed E-state index contributed by atoms with van der Waals surface area (Å²) in [5.74, 6) is 0.00796. The van der Waals surface area contributed by atoms with E-state index in [9.17, 15) is 4.79 Å². The van der Waals surface area contributed by atoms with Gasteiger partial charge >= 0.3 is 0 Å². The molecule has 0 aliphatic heterocycles. The Morgan fingerprint density at radius 2 is 2.07 bits per heavy atom. The first-order valence-corrected chi connectivity index (χ1v) is 4.62. The van der Waals surface area contributed by atoms with Gasteiger partial charge in [0.1, 0.15) is 0 Å². The molecule has 78 valence electrons. The number of aromatic nitrogens is 2. The summed E-state index contributed by atoms with van der Waals surface area (Å²) in [6.07, 6.45) is 1.80. The van der Waals surface area contributed by atoms with Gasteiger partial charge in [-0.15, -0.1) is 0 Å². The van der Waals surface area contributed by atoms with E-state index in [-0.39, 0.29) is 11.3 Å². The molecular formula is C10H17N3O. The van der Waals surface area contributed by atoms with Gasteiger partial charge in [-0.2, -0.15) is 5.10 Å². The van der Waals surface area contributed by atoms with Crippen LogP contribution in [0.25, 0.3) is 0 Å². The lowest BCUT2D eigenvalue weighted by Gasteiger charge is -2.16. The van der Waals surface area contributed by atoms with Crippen LogP contribution in [0.4, 0.5) is 5.69 Å². The molecule has 0 aromatic carbocycles. The van der Waals surface area contributed by atoms with Crippen molar-refractivity contribution in [1.29, 1.82) is 0 Å². The lowest BCUT2D eigenvalue weighted by atomic mass is 9.95. The highest BCUT2D eigenvalue weighted by Crippen LogP contribution is 2.18. The maximum absolute atomic E-state index is 11.6. The Hall–Kier alpha value is -1.32. The van der Waals surface area contributed by atoms with Crippen molar-refractivity contribution in [2.45, 2.75) is 27.7 Å². The van der Waals surface area contributed by atoms with Gasteiger partial charge in [0, 0.05) is 18.7 Å². The van der Waals surface area contributed by atoms with Crippen LogP contribution in [0.2, 0.25) is 0 Å². The van der Waals surface area contributed by atoms with E-state index in [1.165, 1.54) is 0 Å². The number of carbonyl (C=O) groups excluding carboxylic acids is 1. The summed E-state index contributed by atoms with van der Waals surface area (Å²) in [5.41, 5.74) is 1.25. The quantitative estimate of drug-likeness (QED) is 0.741. The minimum Gasteiger partial charge on any atom is -0.323 e. The fourth-order valence-electron chi connectivity index (χ4n) is 1.03. The molecule has 1 heterocycles. The number of nitrogens with zero attached hydrogens (tertiary/aromatic N) is 2. The Morgan fingerprint density at radius 3 is 2.43 bits per heavy atom. The standard InChI is InChI=1S/C10H17N3O/c1-7-8(6-13(5)12-7)11-9(14)10(2,3)4/h6H,1-5H3,(H,11,14). The minimum atomic E-state index is -0.373. The molecule has 0 atom stereocenters. The van der Waals surface area contributed by atoms with E-state index in [0.717, 1.165) is 11.4 Å². The predicted octanol–water partition coefficient (Wildman–Crippen LogP) is 1.71. The van der Waals surface area contributed by atoms with Gasteiger partial charge in [-0.3, -0.25) is 9.48 Å². The van der Waals surface area contributed by atoms with E-state index >= 15 is 0 Å². The van der Waals surface area contributed by atoms with E-state index in [1.54, 1.807) is 10.9 Å². The van der Waals surface area contributed by atoms with E-state index in [0.29, 0.717) is 0 Å².